The highest BCUT2D eigenvalue weighted by Gasteiger charge is 2.09. The van der Waals surface area contributed by atoms with Gasteiger partial charge in [-0.1, -0.05) is 12.1 Å². The Morgan fingerprint density at radius 1 is 1.15 bits per heavy atom. The van der Waals surface area contributed by atoms with Gasteiger partial charge in [0.1, 0.15) is 0 Å². The van der Waals surface area contributed by atoms with E-state index >= 15 is 0 Å². The van der Waals surface area contributed by atoms with Gasteiger partial charge in [0.05, 0.1) is 5.69 Å². The number of hydrogen-bond donors (Lipinski definition) is 2. The number of nitrogens with one attached hydrogen (secondary N) is 2. The summed E-state index contributed by atoms with van der Waals surface area (Å²) in [6, 6.07) is 15.4. The van der Waals surface area contributed by atoms with E-state index in [0.717, 1.165) is 21.5 Å². The van der Waals surface area contributed by atoms with Crippen LogP contribution in [0.15, 0.2) is 59.6 Å². The van der Waals surface area contributed by atoms with Crippen molar-refractivity contribution in [2.24, 2.45) is 0 Å². The summed E-state index contributed by atoms with van der Waals surface area (Å²) >= 11 is 1.62. The zero-order chi connectivity index (χ0) is 13.9. The number of carbonyl (C=O) groups excluding carboxylic acids is 1. The largest absolute Gasteiger partial charge is 0.361 e. The molecule has 0 saturated heterocycles. The number of carbonyl (C=O) groups is 1. The first-order chi connectivity index (χ1) is 9.78. The van der Waals surface area contributed by atoms with Crippen LogP contribution in [-0.4, -0.2) is 17.1 Å². The Hall–Kier alpha value is -2.20. The predicted molar refractivity (Wildman–Crippen MR) is 84.5 cm³/mol. The predicted octanol–water partition coefficient (Wildman–Crippen LogP) is 4.14. The van der Waals surface area contributed by atoms with Crippen molar-refractivity contribution in [2.45, 2.75) is 4.90 Å². The number of benzene rings is 2. The number of amides is 1. The van der Waals surface area contributed by atoms with Crippen molar-refractivity contribution in [1.82, 2.24) is 4.98 Å². The lowest BCUT2D eigenvalue weighted by Gasteiger charge is -2.09. The van der Waals surface area contributed by atoms with Crippen LogP contribution in [0.1, 0.15) is 10.4 Å². The second kappa shape index (κ2) is 5.43. The Morgan fingerprint density at radius 2 is 2.00 bits per heavy atom. The number of hydrogen-bond acceptors (Lipinski definition) is 2. The lowest BCUT2D eigenvalue weighted by atomic mass is 10.1. The smallest absolute Gasteiger partial charge is 0.255 e. The number of anilines is 1. The van der Waals surface area contributed by atoms with Crippen LogP contribution >= 0.6 is 11.8 Å². The highest BCUT2D eigenvalue weighted by molar-refractivity contribution is 7.98. The van der Waals surface area contributed by atoms with Crippen LogP contribution in [0.25, 0.3) is 10.9 Å². The molecule has 1 aromatic heterocycles. The zero-order valence-electron chi connectivity index (χ0n) is 11.0. The summed E-state index contributed by atoms with van der Waals surface area (Å²) in [6.07, 6.45) is 3.87. The second-order valence-electron chi connectivity index (χ2n) is 4.43. The maximum Gasteiger partial charge on any atom is 0.255 e. The minimum absolute atomic E-state index is 0.0883. The quantitative estimate of drug-likeness (QED) is 0.709. The highest BCUT2D eigenvalue weighted by atomic mass is 32.2. The molecule has 0 atom stereocenters. The fourth-order valence-electron chi connectivity index (χ4n) is 2.14. The zero-order valence-corrected chi connectivity index (χ0v) is 11.8. The van der Waals surface area contributed by atoms with Gasteiger partial charge >= 0.3 is 0 Å². The molecule has 4 heteroatoms. The fourth-order valence-corrected chi connectivity index (χ4v) is 2.69. The van der Waals surface area contributed by atoms with E-state index in [0.29, 0.717) is 5.56 Å². The molecule has 2 N–H and O–H groups in total. The van der Waals surface area contributed by atoms with Gasteiger partial charge in [-0.3, -0.25) is 4.79 Å². The van der Waals surface area contributed by atoms with E-state index in [9.17, 15) is 4.79 Å². The van der Waals surface area contributed by atoms with Crippen LogP contribution < -0.4 is 5.32 Å². The third-order valence-electron chi connectivity index (χ3n) is 3.17. The Balaban J connectivity index is 1.88. The molecule has 1 heterocycles. The first-order valence-corrected chi connectivity index (χ1v) is 7.52. The number of H-pyrrole nitrogens is 1. The number of para-hydroxylation sites is 1. The van der Waals surface area contributed by atoms with Crippen molar-refractivity contribution in [3.8, 4) is 0 Å². The molecule has 0 unspecified atom stereocenters. The summed E-state index contributed by atoms with van der Waals surface area (Å²) in [7, 11) is 0. The van der Waals surface area contributed by atoms with E-state index < -0.39 is 0 Å². The molecular weight excluding hydrogens is 268 g/mol. The van der Waals surface area contributed by atoms with Crippen molar-refractivity contribution < 1.29 is 4.79 Å². The van der Waals surface area contributed by atoms with Crippen molar-refractivity contribution in [2.75, 3.05) is 11.6 Å². The molecule has 2 aromatic carbocycles. The third-order valence-corrected chi connectivity index (χ3v) is 3.97. The minimum atomic E-state index is -0.0883. The van der Waals surface area contributed by atoms with E-state index in [1.54, 1.807) is 11.8 Å². The number of aromatic amines is 1. The fraction of sp³-hybridized carbons (Fsp3) is 0.0625. The van der Waals surface area contributed by atoms with Gasteiger partial charge in [0.15, 0.2) is 0 Å². The van der Waals surface area contributed by atoms with E-state index in [2.05, 4.69) is 10.3 Å². The first-order valence-electron chi connectivity index (χ1n) is 6.29. The van der Waals surface area contributed by atoms with Crippen molar-refractivity contribution in [3.63, 3.8) is 0 Å². The topological polar surface area (TPSA) is 44.9 Å². The average molecular weight is 282 g/mol. The van der Waals surface area contributed by atoms with Gasteiger partial charge < -0.3 is 10.3 Å². The van der Waals surface area contributed by atoms with Crippen LogP contribution in [-0.2, 0) is 0 Å². The minimum Gasteiger partial charge on any atom is -0.361 e. The molecule has 0 spiro atoms. The Kier molecular flexibility index (Phi) is 3.48. The summed E-state index contributed by atoms with van der Waals surface area (Å²) in [5.41, 5.74) is 2.54. The van der Waals surface area contributed by atoms with E-state index in [4.69, 9.17) is 0 Å². The van der Waals surface area contributed by atoms with Gasteiger partial charge in [0.25, 0.3) is 5.91 Å². The van der Waals surface area contributed by atoms with Gasteiger partial charge in [0.2, 0.25) is 0 Å². The molecule has 0 aliphatic rings. The third kappa shape index (κ3) is 2.42. The standard InChI is InChI=1S/C16H14N2OS/c1-20-15-5-3-2-4-14(15)18-16(19)12-6-7-13-11(10-12)8-9-17-13/h2-10,17H,1H3,(H,18,19). The van der Waals surface area contributed by atoms with Gasteiger partial charge in [-0.05, 0) is 42.7 Å². The van der Waals surface area contributed by atoms with Crippen LogP contribution in [0.3, 0.4) is 0 Å². The number of fused-ring (bicyclic) bond motifs is 1. The molecule has 0 fully saturated rings. The maximum atomic E-state index is 12.3. The highest BCUT2D eigenvalue weighted by Crippen LogP contribution is 2.25. The van der Waals surface area contributed by atoms with E-state index in [-0.39, 0.29) is 5.91 Å². The van der Waals surface area contributed by atoms with Crippen LogP contribution in [0, 0.1) is 0 Å². The normalized spacial score (nSPS) is 10.7. The van der Waals surface area contributed by atoms with Crippen molar-refractivity contribution >= 4 is 34.3 Å². The maximum absolute atomic E-state index is 12.3. The van der Waals surface area contributed by atoms with Crippen molar-refractivity contribution in [1.29, 1.82) is 0 Å². The van der Waals surface area contributed by atoms with Gasteiger partial charge in [-0.25, -0.2) is 0 Å². The second-order valence-corrected chi connectivity index (χ2v) is 5.28. The summed E-state index contributed by atoms with van der Waals surface area (Å²) in [6.45, 7) is 0. The molecule has 3 aromatic rings. The van der Waals surface area contributed by atoms with Gasteiger partial charge in [-0.2, -0.15) is 0 Å². The Labute approximate surface area is 121 Å². The van der Waals surface area contributed by atoms with E-state index in [1.807, 2.05) is 61.0 Å². The van der Waals surface area contributed by atoms with Crippen LogP contribution in [0.5, 0.6) is 0 Å². The number of rotatable bonds is 3. The summed E-state index contributed by atoms with van der Waals surface area (Å²) in [5.74, 6) is -0.0883. The SMILES string of the molecule is CSc1ccccc1NC(=O)c1ccc2[nH]ccc2c1. The lowest BCUT2D eigenvalue weighted by molar-refractivity contribution is 0.102. The summed E-state index contributed by atoms with van der Waals surface area (Å²) in [4.78, 5) is 16.5. The molecule has 0 aliphatic heterocycles. The summed E-state index contributed by atoms with van der Waals surface area (Å²) < 4.78 is 0. The first kappa shape index (κ1) is 12.8. The lowest BCUT2D eigenvalue weighted by Crippen LogP contribution is -2.12. The van der Waals surface area contributed by atoms with Crippen LogP contribution in [0.2, 0.25) is 0 Å². The molecule has 3 nitrogen and oxygen atoms in total. The molecule has 0 saturated carbocycles. The molecule has 100 valence electrons. The molecular formula is C16H14N2OS. The average Bonchev–Trinajstić information content (AvgIpc) is 2.95. The monoisotopic (exact) mass is 282 g/mol. The van der Waals surface area contributed by atoms with Gasteiger partial charge in [0, 0.05) is 27.6 Å². The Bertz CT molecular complexity index is 764. The molecule has 1 amide bonds. The number of aromatic nitrogens is 1. The van der Waals surface area contributed by atoms with Gasteiger partial charge in [-0.15, -0.1) is 11.8 Å². The molecule has 0 radical (unpaired) electrons. The number of thioether (sulfide) groups is 1. The van der Waals surface area contributed by atoms with Crippen LogP contribution in [0.4, 0.5) is 5.69 Å². The van der Waals surface area contributed by atoms with E-state index in [1.165, 1.54) is 0 Å². The molecule has 0 aliphatic carbocycles. The molecule has 20 heavy (non-hydrogen) atoms. The molecule has 0 bridgehead atoms. The molecule has 3 rings (SSSR count). The summed E-state index contributed by atoms with van der Waals surface area (Å²) in [5, 5.41) is 4.00. The Morgan fingerprint density at radius 3 is 2.85 bits per heavy atom. The van der Waals surface area contributed by atoms with Crippen molar-refractivity contribution in [3.05, 3.63) is 60.3 Å².